The van der Waals surface area contributed by atoms with Crippen molar-refractivity contribution in [2.75, 3.05) is 19.7 Å². The predicted molar refractivity (Wildman–Crippen MR) is 90.8 cm³/mol. The third kappa shape index (κ3) is 3.57. The van der Waals surface area contributed by atoms with Crippen molar-refractivity contribution in [3.05, 3.63) is 46.9 Å². The highest BCUT2D eigenvalue weighted by molar-refractivity contribution is 7.07. The lowest BCUT2D eigenvalue weighted by Crippen LogP contribution is -2.47. The molecule has 2 fully saturated rings. The van der Waals surface area contributed by atoms with Crippen LogP contribution in [0.1, 0.15) is 24.8 Å². The number of aromatic nitrogens is 1. The molecule has 4 nitrogen and oxygen atoms in total. The number of rotatable bonds is 4. The lowest BCUT2D eigenvalue weighted by molar-refractivity contribution is -0.0538. The molecule has 0 bridgehead atoms. The summed E-state index contributed by atoms with van der Waals surface area (Å²) in [5.41, 5.74) is 1.38. The fraction of sp³-hybridized carbons (Fsp3) is 0.500. The minimum atomic E-state index is -0.0266. The summed E-state index contributed by atoms with van der Waals surface area (Å²) in [5, 5.41) is 4.39. The third-order valence-electron chi connectivity index (χ3n) is 4.72. The van der Waals surface area contributed by atoms with E-state index in [4.69, 9.17) is 9.47 Å². The molecule has 4 heterocycles. The van der Waals surface area contributed by atoms with Crippen LogP contribution in [-0.4, -0.2) is 41.3 Å². The Labute approximate surface area is 141 Å². The molecule has 2 aliphatic rings. The molecular weight excluding hydrogens is 308 g/mol. The van der Waals surface area contributed by atoms with E-state index in [0.717, 1.165) is 38.2 Å². The molecule has 2 aromatic heterocycles. The van der Waals surface area contributed by atoms with Crippen molar-refractivity contribution in [1.29, 1.82) is 0 Å². The molecular formula is C18H22N2O2S. The van der Waals surface area contributed by atoms with E-state index in [1.165, 1.54) is 12.0 Å². The first-order valence-corrected chi connectivity index (χ1v) is 9.20. The van der Waals surface area contributed by atoms with Gasteiger partial charge in [-0.05, 0) is 53.9 Å². The molecule has 0 amide bonds. The third-order valence-corrected chi connectivity index (χ3v) is 5.45. The van der Waals surface area contributed by atoms with Crippen LogP contribution in [0.5, 0.6) is 5.75 Å². The van der Waals surface area contributed by atoms with Gasteiger partial charge in [-0.25, -0.2) is 0 Å². The van der Waals surface area contributed by atoms with Gasteiger partial charge in [-0.3, -0.25) is 9.88 Å². The smallest absolute Gasteiger partial charge is 0.138 e. The molecule has 0 saturated carbocycles. The van der Waals surface area contributed by atoms with Gasteiger partial charge in [0.05, 0.1) is 18.4 Å². The maximum absolute atomic E-state index is 6.23. The number of likely N-dealkylation sites (tertiary alicyclic amines) is 1. The van der Waals surface area contributed by atoms with Crippen LogP contribution in [-0.2, 0) is 11.3 Å². The number of ether oxygens (including phenoxy) is 2. The minimum absolute atomic E-state index is 0.0266. The van der Waals surface area contributed by atoms with Gasteiger partial charge in [-0.15, -0.1) is 0 Å². The number of pyridine rings is 1. The van der Waals surface area contributed by atoms with E-state index in [1.54, 1.807) is 23.7 Å². The van der Waals surface area contributed by atoms with Gasteiger partial charge in [0.25, 0.3) is 0 Å². The number of piperidine rings is 1. The number of nitrogens with zero attached hydrogens (tertiary/aromatic N) is 2. The Bertz CT molecular complexity index is 619. The normalized spacial score (nSPS) is 28.3. The highest BCUT2D eigenvalue weighted by Gasteiger charge is 2.44. The first-order valence-electron chi connectivity index (χ1n) is 8.25. The SMILES string of the molecule is c1cncc(OC2COC3(CCCN(Cc4ccsc4)C3)C2)c1. The maximum atomic E-state index is 6.23. The zero-order valence-electron chi connectivity index (χ0n) is 13.2. The van der Waals surface area contributed by atoms with E-state index in [0.29, 0.717) is 6.61 Å². The molecule has 0 radical (unpaired) electrons. The van der Waals surface area contributed by atoms with Crippen LogP contribution < -0.4 is 4.74 Å². The summed E-state index contributed by atoms with van der Waals surface area (Å²) >= 11 is 1.77. The fourth-order valence-corrected chi connectivity index (χ4v) is 4.40. The van der Waals surface area contributed by atoms with Gasteiger partial charge < -0.3 is 9.47 Å². The average Bonchev–Trinajstić information content (AvgIpc) is 3.19. The van der Waals surface area contributed by atoms with Gasteiger partial charge in [0, 0.05) is 25.7 Å². The molecule has 2 aliphatic heterocycles. The second kappa shape index (κ2) is 6.59. The van der Waals surface area contributed by atoms with Gasteiger partial charge in [0.1, 0.15) is 11.9 Å². The van der Waals surface area contributed by atoms with Crippen LogP contribution in [0.4, 0.5) is 0 Å². The fourth-order valence-electron chi connectivity index (χ4n) is 3.74. The summed E-state index contributed by atoms with van der Waals surface area (Å²) in [6.07, 6.45) is 6.99. The molecule has 0 aromatic carbocycles. The van der Waals surface area contributed by atoms with Gasteiger partial charge >= 0.3 is 0 Å². The monoisotopic (exact) mass is 330 g/mol. The van der Waals surface area contributed by atoms with Crippen molar-refractivity contribution in [3.63, 3.8) is 0 Å². The topological polar surface area (TPSA) is 34.6 Å². The van der Waals surface area contributed by atoms with Crippen molar-refractivity contribution in [2.24, 2.45) is 0 Å². The summed E-state index contributed by atoms with van der Waals surface area (Å²) in [5.74, 6) is 0.837. The predicted octanol–water partition coefficient (Wildman–Crippen LogP) is 3.35. The van der Waals surface area contributed by atoms with Crippen molar-refractivity contribution >= 4 is 11.3 Å². The van der Waals surface area contributed by atoms with Crippen LogP contribution in [0.2, 0.25) is 0 Å². The largest absolute Gasteiger partial charge is 0.486 e. The van der Waals surface area contributed by atoms with Crippen LogP contribution in [0.25, 0.3) is 0 Å². The Hall–Kier alpha value is -1.43. The molecule has 2 unspecified atom stereocenters. The summed E-state index contributed by atoms with van der Waals surface area (Å²) in [7, 11) is 0. The van der Waals surface area contributed by atoms with E-state index in [1.807, 2.05) is 12.1 Å². The molecule has 1 spiro atoms. The van der Waals surface area contributed by atoms with E-state index in [-0.39, 0.29) is 11.7 Å². The average molecular weight is 330 g/mol. The number of thiophene rings is 1. The molecule has 23 heavy (non-hydrogen) atoms. The molecule has 2 atom stereocenters. The highest BCUT2D eigenvalue weighted by Crippen LogP contribution is 2.36. The molecule has 2 saturated heterocycles. The quantitative estimate of drug-likeness (QED) is 0.861. The van der Waals surface area contributed by atoms with Crippen LogP contribution in [0.15, 0.2) is 41.4 Å². The summed E-state index contributed by atoms with van der Waals surface area (Å²) in [6.45, 7) is 3.88. The zero-order chi connectivity index (χ0) is 15.5. The second-order valence-corrected chi connectivity index (χ2v) is 7.35. The Balaban J connectivity index is 1.37. The van der Waals surface area contributed by atoms with E-state index in [2.05, 4.69) is 26.7 Å². The van der Waals surface area contributed by atoms with Gasteiger partial charge in [-0.1, -0.05) is 0 Å². The van der Waals surface area contributed by atoms with Crippen molar-refractivity contribution in [1.82, 2.24) is 9.88 Å². The van der Waals surface area contributed by atoms with E-state index in [9.17, 15) is 0 Å². The summed E-state index contributed by atoms with van der Waals surface area (Å²) in [6, 6.07) is 6.08. The number of hydrogen-bond donors (Lipinski definition) is 0. The van der Waals surface area contributed by atoms with Crippen LogP contribution >= 0.6 is 11.3 Å². The van der Waals surface area contributed by atoms with Gasteiger partial charge in [-0.2, -0.15) is 11.3 Å². The molecule has 2 aromatic rings. The Morgan fingerprint density at radius 2 is 2.43 bits per heavy atom. The minimum Gasteiger partial charge on any atom is -0.486 e. The standard InChI is InChI=1S/C18H22N2O2S/c1-3-16(10-19-6-1)22-17-9-18(21-12-17)5-2-7-20(14-18)11-15-4-8-23-13-15/h1,3-4,6,8,10,13,17H,2,5,7,9,11-12,14H2. The molecule has 5 heteroatoms. The summed E-state index contributed by atoms with van der Waals surface area (Å²) in [4.78, 5) is 6.64. The van der Waals surface area contributed by atoms with Crippen molar-refractivity contribution in [3.8, 4) is 5.75 Å². The molecule has 4 rings (SSSR count). The first-order chi connectivity index (χ1) is 11.3. The Morgan fingerprint density at radius 1 is 1.43 bits per heavy atom. The highest BCUT2D eigenvalue weighted by atomic mass is 32.1. The van der Waals surface area contributed by atoms with Gasteiger partial charge in [0.2, 0.25) is 0 Å². The zero-order valence-corrected chi connectivity index (χ0v) is 14.0. The Kier molecular flexibility index (Phi) is 4.33. The molecule has 0 aliphatic carbocycles. The Morgan fingerprint density at radius 3 is 3.26 bits per heavy atom. The van der Waals surface area contributed by atoms with E-state index >= 15 is 0 Å². The first kappa shape index (κ1) is 15.1. The maximum Gasteiger partial charge on any atom is 0.138 e. The van der Waals surface area contributed by atoms with Crippen LogP contribution in [0.3, 0.4) is 0 Å². The van der Waals surface area contributed by atoms with Crippen LogP contribution in [0, 0.1) is 0 Å². The van der Waals surface area contributed by atoms with Crippen molar-refractivity contribution < 1.29 is 9.47 Å². The summed E-state index contributed by atoms with van der Waals surface area (Å²) < 4.78 is 12.3. The number of hydrogen-bond acceptors (Lipinski definition) is 5. The second-order valence-electron chi connectivity index (χ2n) is 6.57. The molecule has 122 valence electrons. The van der Waals surface area contributed by atoms with E-state index < -0.39 is 0 Å². The lowest BCUT2D eigenvalue weighted by Gasteiger charge is -2.39. The lowest BCUT2D eigenvalue weighted by atomic mass is 9.89. The van der Waals surface area contributed by atoms with Crippen molar-refractivity contribution in [2.45, 2.75) is 37.5 Å². The molecule has 0 N–H and O–H groups in total. The van der Waals surface area contributed by atoms with Gasteiger partial charge in [0.15, 0.2) is 0 Å².